The second kappa shape index (κ2) is 9.97. The molecule has 2 aromatic carbocycles. The van der Waals surface area contributed by atoms with Gasteiger partial charge in [0.25, 0.3) is 12.3 Å². The number of aromatic nitrogens is 5. The Balaban J connectivity index is 1.42. The molecule has 186 valence electrons. The van der Waals surface area contributed by atoms with Crippen molar-refractivity contribution in [2.24, 2.45) is 0 Å². The fraction of sp³-hybridized carbons (Fsp3) is 0.115. The van der Waals surface area contributed by atoms with E-state index in [1.165, 1.54) is 25.6 Å². The topological polar surface area (TPSA) is 103 Å². The zero-order valence-corrected chi connectivity index (χ0v) is 19.5. The van der Waals surface area contributed by atoms with Crippen molar-refractivity contribution in [2.75, 3.05) is 12.4 Å². The number of benzene rings is 2. The number of fused-ring (bicyclic) bond motifs is 1. The standard InChI is InChI=1S/C26H20F2N6O3/c1-37-26(36)19-10-6-5-9-17(19)14-33-15-18(12-29-33)31-25(35)20-13-30-34-22(23(27)28)11-21(32-24(20)34)16-7-3-2-4-8-16/h2-13,15,23H,14H2,1H3,(H,31,35). The number of anilines is 1. The van der Waals surface area contributed by atoms with Crippen LogP contribution in [-0.4, -0.2) is 43.4 Å². The fourth-order valence-corrected chi connectivity index (χ4v) is 3.91. The minimum absolute atomic E-state index is 0.00792. The van der Waals surface area contributed by atoms with Crippen molar-refractivity contribution in [2.45, 2.75) is 13.0 Å². The van der Waals surface area contributed by atoms with Crippen molar-refractivity contribution < 1.29 is 23.1 Å². The SMILES string of the molecule is COC(=O)c1ccccc1Cn1cc(NC(=O)c2cnn3c(C(F)F)cc(-c4ccccc4)nc23)cn1. The highest BCUT2D eigenvalue weighted by Gasteiger charge is 2.22. The highest BCUT2D eigenvalue weighted by Crippen LogP contribution is 2.27. The van der Waals surface area contributed by atoms with Gasteiger partial charge in [0.05, 0.1) is 43.0 Å². The molecule has 1 N–H and O–H groups in total. The van der Waals surface area contributed by atoms with E-state index in [0.29, 0.717) is 28.1 Å². The number of hydrogen-bond acceptors (Lipinski definition) is 6. The Morgan fingerprint density at radius 1 is 1.00 bits per heavy atom. The minimum atomic E-state index is -2.82. The van der Waals surface area contributed by atoms with E-state index in [4.69, 9.17) is 4.74 Å². The smallest absolute Gasteiger partial charge is 0.338 e. The fourth-order valence-electron chi connectivity index (χ4n) is 3.91. The zero-order chi connectivity index (χ0) is 25.9. The van der Waals surface area contributed by atoms with Gasteiger partial charge in [0.1, 0.15) is 11.3 Å². The number of alkyl halides is 2. The van der Waals surface area contributed by atoms with E-state index in [-0.39, 0.29) is 23.4 Å². The summed E-state index contributed by atoms with van der Waals surface area (Å²) in [7, 11) is 1.31. The molecule has 37 heavy (non-hydrogen) atoms. The number of methoxy groups -OCH3 is 1. The number of nitrogens with zero attached hydrogens (tertiary/aromatic N) is 5. The summed E-state index contributed by atoms with van der Waals surface area (Å²) in [5, 5.41) is 10.9. The minimum Gasteiger partial charge on any atom is -0.465 e. The Morgan fingerprint density at radius 2 is 1.76 bits per heavy atom. The summed E-state index contributed by atoms with van der Waals surface area (Å²) in [5.41, 5.74) is 2.07. The second-order valence-corrected chi connectivity index (χ2v) is 8.06. The van der Waals surface area contributed by atoms with Crippen LogP contribution in [0.2, 0.25) is 0 Å². The maximum Gasteiger partial charge on any atom is 0.338 e. The van der Waals surface area contributed by atoms with Crippen LogP contribution in [0.4, 0.5) is 14.5 Å². The van der Waals surface area contributed by atoms with E-state index < -0.39 is 18.3 Å². The molecule has 1 amide bonds. The first-order valence-corrected chi connectivity index (χ1v) is 11.2. The lowest BCUT2D eigenvalue weighted by molar-refractivity contribution is 0.0599. The second-order valence-electron chi connectivity index (χ2n) is 8.06. The summed E-state index contributed by atoms with van der Waals surface area (Å²) in [6.07, 6.45) is 1.41. The number of nitrogens with one attached hydrogen (secondary N) is 1. The molecule has 11 heteroatoms. The van der Waals surface area contributed by atoms with Crippen LogP contribution < -0.4 is 5.32 Å². The first-order valence-electron chi connectivity index (χ1n) is 11.2. The van der Waals surface area contributed by atoms with Gasteiger partial charge in [0.2, 0.25) is 0 Å². The lowest BCUT2D eigenvalue weighted by Crippen LogP contribution is -2.12. The summed E-state index contributed by atoms with van der Waals surface area (Å²) < 4.78 is 35.0. The van der Waals surface area contributed by atoms with Gasteiger partial charge in [-0.05, 0) is 17.7 Å². The Morgan fingerprint density at radius 3 is 2.51 bits per heavy atom. The molecule has 5 rings (SSSR count). The van der Waals surface area contributed by atoms with Crippen molar-refractivity contribution in [1.82, 2.24) is 24.4 Å². The largest absolute Gasteiger partial charge is 0.465 e. The zero-order valence-electron chi connectivity index (χ0n) is 19.5. The average Bonchev–Trinajstić information content (AvgIpc) is 3.55. The molecule has 0 atom stereocenters. The molecule has 0 saturated carbocycles. The van der Waals surface area contributed by atoms with E-state index >= 15 is 0 Å². The number of hydrogen-bond donors (Lipinski definition) is 1. The number of rotatable bonds is 7. The third-order valence-corrected chi connectivity index (χ3v) is 5.68. The van der Waals surface area contributed by atoms with Gasteiger partial charge in [-0.1, -0.05) is 48.5 Å². The lowest BCUT2D eigenvalue weighted by atomic mass is 10.1. The Bertz CT molecular complexity index is 1600. The van der Waals surface area contributed by atoms with Gasteiger partial charge >= 0.3 is 5.97 Å². The van der Waals surface area contributed by atoms with Crippen LogP contribution in [0.25, 0.3) is 16.9 Å². The van der Waals surface area contributed by atoms with Crippen LogP contribution in [0.5, 0.6) is 0 Å². The molecule has 0 aliphatic rings. The highest BCUT2D eigenvalue weighted by atomic mass is 19.3. The molecule has 0 saturated heterocycles. The molecule has 3 heterocycles. The summed E-state index contributed by atoms with van der Waals surface area (Å²) in [6, 6.07) is 17.1. The van der Waals surface area contributed by atoms with Crippen LogP contribution >= 0.6 is 0 Å². The predicted octanol–water partition coefficient (Wildman–Crippen LogP) is 4.62. The molecule has 0 unspecified atom stereocenters. The molecular weight excluding hydrogens is 482 g/mol. The van der Waals surface area contributed by atoms with E-state index in [1.54, 1.807) is 59.4 Å². The number of ether oxygens (including phenoxy) is 1. The first-order chi connectivity index (χ1) is 17.9. The van der Waals surface area contributed by atoms with E-state index in [1.807, 2.05) is 6.07 Å². The van der Waals surface area contributed by atoms with Crippen LogP contribution in [0.15, 0.2) is 79.3 Å². The molecule has 0 spiro atoms. The van der Waals surface area contributed by atoms with Gasteiger partial charge in [0, 0.05) is 11.8 Å². The number of halogens is 2. The molecule has 5 aromatic rings. The van der Waals surface area contributed by atoms with Crippen LogP contribution in [0, 0.1) is 0 Å². The molecule has 9 nitrogen and oxygen atoms in total. The summed E-state index contributed by atoms with van der Waals surface area (Å²) in [5.74, 6) is -1.04. The van der Waals surface area contributed by atoms with Crippen molar-refractivity contribution in [3.63, 3.8) is 0 Å². The molecule has 0 radical (unpaired) electrons. The van der Waals surface area contributed by atoms with Crippen molar-refractivity contribution in [3.05, 3.63) is 102 Å². The Labute approximate surface area is 209 Å². The molecule has 3 aromatic heterocycles. The van der Waals surface area contributed by atoms with Crippen LogP contribution in [0.3, 0.4) is 0 Å². The maximum atomic E-state index is 13.8. The highest BCUT2D eigenvalue weighted by molar-refractivity contribution is 6.08. The van der Waals surface area contributed by atoms with Gasteiger partial charge < -0.3 is 10.1 Å². The van der Waals surface area contributed by atoms with Gasteiger partial charge in [-0.25, -0.2) is 23.1 Å². The first kappa shape index (κ1) is 23.8. The number of esters is 1. The van der Waals surface area contributed by atoms with Gasteiger partial charge in [-0.15, -0.1) is 0 Å². The van der Waals surface area contributed by atoms with Crippen LogP contribution in [0.1, 0.15) is 38.4 Å². The predicted molar refractivity (Wildman–Crippen MR) is 130 cm³/mol. The van der Waals surface area contributed by atoms with Gasteiger partial charge in [0.15, 0.2) is 5.65 Å². The molecule has 0 aliphatic carbocycles. The molecule has 0 bridgehead atoms. The summed E-state index contributed by atoms with van der Waals surface area (Å²) >= 11 is 0. The van der Waals surface area contributed by atoms with Crippen molar-refractivity contribution >= 4 is 23.2 Å². The number of amides is 1. The molecule has 0 fully saturated rings. The Kier molecular flexibility index (Phi) is 6.42. The molecule has 0 aliphatic heterocycles. The van der Waals surface area contributed by atoms with E-state index in [2.05, 4.69) is 20.5 Å². The number of carbonyl (C=O) groups excluding carboxylic acids is 2. The average molecular weight is 502 g/mol. The monoisotopic (exact) mass is 502 g/mol. The van der Waals surface area contributed by atoms with Gasteiger partial charge in [-0.3, -0.25) is 9.48 Å². The quantitative estimate of drug-likeness (QED) is 0.326. The van der Waals surface area contributed by atoms with Gasteiger partial charge in [-0.2, -0.15) is 10.2 Å². The maximum absolute atomic E-state index is 13.8. The lowest BCUT2D eigenvalue weighted by Gasteiger charge is -2.08. The van der Waals surface area contributed by atoms with Crippen molar-refractivity contribution in [1.29, 1.82) is 0 Å². The Hall–Kier alpha value is -4.93. The van der Waals surface area contributed by atoms with Crippen LogP contribution in [-0.2, 0) is 11.3 Å². The normalized spacial score (nSPS) is 11.1. The number of carbonyl (C=O) groups is 2. The third kappa shape index (κ3) is 4.79. The van der Waals surface area contributed by atoms with E-state index in [0.717, 1.165) is 4.52 Å². The summed E-state index contributed by atoms with van der Waals surface area (Å²) in [4.78, 5) is 29.6. The van der Waals surface area contributed by atoms with Crippen molar-refractivity contribution in [3.8, 4) is 11.3 Å². The van der Waals surface area contributed by atoms with E-state index in [9.17, 15) is 18.4 Å². The summed E-state index contributed by atoms with van der Waals surface area (Å²) in [6.45, 7) is 0.262. The molecular formula is C26H20F2N6O3. The third-order valence-electron chi connectivity index (χ3n) is 5.68.